The van der Waals surface area contributed by atoms with E-state index >= 15 is 0 Å². The lowest BCUT2D eigenvalue weighted by Crippen LogP contribution is -2.36. The Morgan fingerprint density at radius 1 is 1.32 bits per heavy atom. The Morgan fingerprint density at radius 3 is 2.76 bits per heavy atom. The Labute approximate surface area is 150 Å². The van der Waals surface area contributed by atoms with Gasteiger partial charge >= 0.3 is 0 Å². The van der Waals surface area contributed by atoms with E-state index in [-0.39, 0.29) is 9.93 Å². The van der Waals surface area contributed by atoms with Gasteiger partial charge in [-0.15, -0.1) is 0 Å². The molecule has 1 saturated heterocycles. The number of carbonyl (C=O) groups is 3. The summed E-state index contributed by atoms with van der Waals surface area (Å²) < 4.78 is 18.8. The molecule has 1 aromatic carbocycles. The highest BCUT2D eigenvalue weighted by Crippen LogP contribution is 2.33. The van der Waals surface area contributed by atoms with Crippen LogP contribution in [0, 0.1) is 5.82 Å². The minimum Gasteiger partial charge on any atom is -0.457 e. The van der Waals surface area contributed by atoms with Crippen LogP contribution in [0.15, 0.2) is 39.7 Å². The Bertz CT molecular complexity index is 925. The zero-order chi connectivity index (χ0) is 18.1. The molecule has 0 bridgehead atoms. The predicted octanol–water partition coefficient (Wildman–Crippen LogP) is 3.26. The van der Waals surface area contributed by atoms with E-state index in [1.807, 2.05) is 0 Å². The van der Waals surface area contributed by atoms with Gasteiger partial charge in [-0.3, -0.25) is 19.3 Å². The van der Waals surface area contributed by atoms with Gasteiger partial charge in [-0.1, -0.05) is 11.6 Å². The van der Waals surface area contributed by atoms with Crippen molar-refractivity contribution in [2.75, 3.05) is 6.54 Å². The SMILES string of the molecule is NC(=O)CN1C(=O)S/C(=C\c2ccc(-c3ccc(F)c(Cl)c3)o2)C1=O. The minimum absolute atomic E-state index is 0.0389. The van der Waals surface area contributed by atoms with E-state index in [1.54, 1.807) is 12.1 Å². The maximum Gasteiger partial charge on any atom is 0.294 e. The summed E-state index contributed by atoms with van der Waals surface area (Å²) in [5.74, 6) is -1.20. The van der Waals surface area contributed by atoms with Crippen molar-refractivity contribution in [2.45, 2.75) is 0 Å². The van der Waals surface area contributed by atoms with Crippen LogP contribution < -0.4 is 5.73 Å². The van der Waals surface area contributed by atoms with Gasteiger partial charge in [0.1, 0.15) is 23.9 Å². The third kappa shape index (κ3) is 3.59. The summed E-state index contributed by atoms with van der Waals surface area (Å²) in [4.78, 5) is 35.7. The van der Waals surface area contributed by atoms with E-state index in [9.17, 15) is 18.8 Å². The second kappa shape index (κ2) is 6.73. The van der Waals surface area contributed by atoms with Crippen LogP contribution in [0.1, 0.15) is 5.76 Å². The van der Waals surface area contributed by atoms with E-state index in [2.05, 4.69) is 0 Å². The molecular formula is C16H10ClFN2O4S. The van der Waals surface area contributed by atoms with Crippen molar-refractivity contribution in [1.29, 1.82) is 0 Å². The first kappa shape index (κ1) is 17.2. The first-order valence-corrected chi connectivity index (χ1v) is 8.13. The molecule has 3 amide bonds. The van der Waals surface area contributed by atoms with Crippen LogP contribution in [0.4, 0.5) is 9.18 Å². The molecule has 2 aromatic rings. The minimum atomic E-state index is -0.781. The fourth-order valence-corrected chi connectivity index (χ4v) is 3.16. The van der Waals surface area contributed by atoms with Crippen LogP contribution in [0.2, 0.25) is 5.02 Å². The van der Waals surface area contributed by atoms with Crippen molar-refractivity contribution in [2.24, 2.45) is 5.73 Å². The molecule has 0 spiro atoms. The zero-order valence-corrected chi connectivity index (χ0v) is 14.1. The second-order valence-corrected chi connectivity index (χ2v) is 6.47. The number of nitrogens with zero attached hydrogens (tertiary/aromatic N) is 1. The van der Waals surface area contributed by atoms with Crippen molar-refractivity contribution >= 4 is 46.5 Å². The van der Waals surface area contributed by atoms with Gasteiger partial charge in [0, 0.05) is 11.6 Å². The van der Waals surface area contributed by atoms with Crippen molar-refractivity contribution in [3.63, 3.8) is 0 Å². The second-order valence-electron chi connectivity index (χ2n) is 5.07. The summed E-state index contributed by atoms with van der Waals surface area (Å²) in [5, 5.41) is -0.616. The summed E-state index contributed by atoms with van der Waals surface area (Å²) in [7, 11) is 0. The van der Waals surface area contributed by atoms with Gasteiger partial charge in [0.25, 0.3) is 11.1 Å². The van der Waals surface area contributed by atoms with Crippen LogP contribution in [0.3, 0.4) is 0 Å². The Balaban J connectivity index is 1.84. The summed E-state index contributed by atoms with van der Waals surface area (Å²) >= 11 is 6.43. The predicted molar refractivity (Wildman–Crippen MR) is 91.0 cm³/mol. The number of carbonyl (C=O) groups excluding carboxylic acids is 3. The molecule has 0 aliphatic carbocycles. The number of primary amides is 1. The molecule has 1 aromatic heterocycles. The molecule has 0 radical (unpaired) electrons. The van der Waals surface area contributed by atoms with Crippen molar-refractivity contribution in [3.8, 4) is 11.3 Å². The molecule has 1 fully saturated rings. The molecule has 1 aliphatic heterocycles. The van der Waals surface area contributed by atoms with Gasteiger partial charge in [-0.25, -0.2) is 4.39 Å². The van der Waals surface area contributed by atoms with Gasteiger partial charge in [-0.05, 0) is 42.1 Å². The van der Waals surface area contributed by atoms with Crippen LogP contribution in [-0.2, 0) is 9.59 Å². The first-order valence-electron chi connectivity index (χ1n) is 6.94. The normalized spacial score (nSPS) is 16.1. The molecule has 6 nitrogen and oxygen atoms in total. The van der Waals surface area contributed by atoms with Crippen LogP contribution in [0.5, 0.6) is 0 Å². The van der Waals surface area contributed by atoms with Crippen molar-refractivity contribution in [1.82, 2.24) is 4.90 Å². The third-order valence-corrected chi connectivity index (χ3v) is 4.49. The van der Waals surface area contributed by atoms with Crippen LogP contribution in [-0.4, -0.2) is 28.5 Å². The van der Waals surface area contributed by atoms with E-state index in [0.717, 1.165) is 4.90 Å². The number of nitrogens with two attached hydrogens (primary N) is 1. The molecule has 0 atom stereocenters. The van der Waals surface area contributed by atoms with Gasteiger partial charge < -0.3 is 10.2 Å². The maximum absolute atomic E-state index is 13.2. The standard InChI is InChI=1S/C16H10ClFN2O4S/c17-10-5-8(1-3-11(10)18)12-4-2-9(24-12)6-13-15(22)20(7-14(19)21)16(23)25-13/h1-6H,7H2,(H2,19,21)/b13-6-. The molecule has 9 heteroatoms. The third-order valence-electron chi connectivity index (χ3n) is 3.29. The Kier molecular flexibility index (Phi) is 4.65. The van der Waals surface area contributed by atoms with E-state index < -0.39 is 29.4 Å². The molecule has 128 valence electrons. The van der Waals surface area contributed by atoms with E-state index in [1.165, 1.54) is 24.3 Å². The Hall–Kier alpha value is -2.58. The lowest BCUT2D eigenvalue weighted by atomic mass is 10.2. The number of benzene rings is 1. The molecule has 1 aliphatic rings. The maximum atomic E-state index is 13.2. The fourth-order valence-electron chi connectivity index (χ4n) is 2.16. The van der Waals surface area contributed by atoms with Gasteiger partial charge in [-0.2, -0.15) is 0 Å². The van der Waals surface area contributed by atoms with E-state index in [0.29, 0.717) is 28.8 Å². The van der Waals surface area contributed by atoms with Crippen LogP contribution >= 0.6 is 23.4 Å². The molecular weight excluding hydrogens is 371 g/mol. The number of thioether (sulfide) groups is 1. The highest BCUT2D eigenvalue weighted by molar-refractivity contribution is 8.18. The van der Waals surface area contributed by atoms with Crippen molar-refractivity contribution in [3.05, 3.63) is 51.8 Å². The van der Waals surface area contributed by atoms with Gasteiger partial charge in [0.05, 0.1) is 9.93 Å². The van der Waals surface area contributed by atoms with Crippen LogP contribution in [0.25, 0.3) is 17.4 Å². The number of hydrogen-bond acceptors (Lipinski definition) is 5. The molecule has 0 saturated carbocycles. The van der Waals surface area contributed by atoms with E-state index in [4.69, 9.17) is 21.8 Å². The number of rotatable bonds is 4. The molecule has 2 N–H and O–H groups in total. The quantitative estimate of drug-likeness (QED) is 0.821. The Morgan fingerprint density at radius 2 is 2.08 bits per heavy atom. The zero-order valence-electron chi connectivity index (χ0n) is 12.5. The average Bonchev–Trinajstić information content (AvgIpc) is 3.11. The molecule has 2 heterocycles. The summed E-state index contributed by atoms with van der Waals surface area (Å²) in [6.07, 6.45) is 1.39. The number of hydrogen-bond donors (Lipinski definition) is 1. The lowest BCUT2D eigenvalue weighted by molar-refractivity contribution is -0.127. The summed E-state index contributed by atoms with van der Waals surface area (Å²) in [6, 6.07) is 7.36. The number of furan rings is 1. The monoisotopic (exact) mass is 380 g/mol. The summed E-state index contributed by atoms with van der Waals surface area (Å²) in [5.41, 5.74) is 5.58. The highest BCUT2D eigenvalue weighted by Gasteiger charge is 2.36. The molecule has 25 heavy (non-hydrogen) atoms. The lowest BCUT2D eigenvalue weighted by Gasteiger charge is -2.08. The molecule has 3 rings (SSSR count). The first-order chi connectivity index (χ1) is 11.8. The number of imide groups is 1. The number of amides is 3. The fraction of sp³-hybridized carbons (Fsp3) is 0.0625. The largest absolute Gasteiger partial charge is 0.457 e. The van der Waals surface area contributed by atoms with Crippen molar-refractivity contribution < 1.29 is 23.2 Å². The highest BCUT2D eigenvalue weighted by atomic mass is 35.5. The van der Waals surface area contributed by atoms with Gasteiger partial charge in [0.2, 0.25) is 5.91 Å². The molecule has 0 unspecified atom stereocenters. The average molecular weight is 381 g/mol. The summed E-state index contributed by atoms with van der Waals surface area (Å²) in [6.45, 7) is -0.473. The smallest absolute Gasteiger partial charge is 0.294 e. The topological polar surface area (TPSA) is 93.6 Å². The number of halogens is 2. The van der Waals surface area contributed by atoms with Gasteiger partial charge in [0.15, 0.2) is 0 Å².